The highest BCUT2D eigenvalue weighted by Gasteiger charge is 2.28. The molecule has 1 aliphatic rings. The number of nitriles is 1. The Morgan fingerprint density at radius 2 is 2.25 bits per heavy atom. The molecular formula is C19H13FN4O4. The molecule has 8 nitrogen and oxygen atoms in total. The predicted octanol–water partition coefficient (Wildman–Crippen LogP) is 2.31. The third kappa shape index (κ3) is 2.39. The normalized spacial score (nSPS) is 15.1. The van der Waals surface area contributed by atoms with E-state index in [2.05, 4.69) is 4.98 Å². The van der Waals surface area contributed by atoms with Gasteiger partial charge >= 0.3 is 5.97 Å². The van der Waals surface area contributed by atoms with Crippen molar-refractivity contribution in [1.29, 1.82) is 5.26 Å². The maximum absolute atomic E-state index is 15.0. The van der Waals surface area contributed by atoms with Gasteiger partial charge in [-0.25, -0.2) is 14.2 Å². The monoisotopic (exact) mass is 380 g/mol. The number of hydrogen-bond acceptors (Lipinski definition) is 6. The molecule has 1 atom stereocenters. The number of nitrogen functional groups attached to an aromatic ring is 1. The first-order valence-electron chi connectivity index (χ1n) is 8.27. The fourth-order valence-electron chi connectivity index (χ4n) is 3.35. The molecule has 0 radical (unpaired) electrons. The smallest absolute Gasteiger partial charge is 0.341 e. The first kappa shape index (κ1) is 17.5. The molecule has 0 fully saturated rings. The lowest BCUT2D eigenvalue weighted by molar-refractivity contribution is 0.0694. The van der Waals surface area contributed by atoms with Gasteiger partial charge in [0, 0.05) is 18.0 Å². The minimum absolute atomic E-state index is 0.0126. The zero-order valence-corrected chi connectivity index (χ0v) is 14.6. The second kappa shape index (κ2) is 6.06. The highest BCUT2D eigenvalue weighted by molar-refractivity contribution is 5.98. The van der Waals surface area contributed by atoms with E-state index in [1.807, 2.05) is 6.07 Å². The van der Waals surface area contributed by atoms with Gasteiger partial charge in [0.05, 0.1) is 28.1 Å². The van der Waals surface area contributed by atoms with Crippen LogP contribution in [0.5, 0.6) is 5.75 Å². The molecule has 1 unspecified atom stereocenters. The van der Waals surface area contributed by atoms with Gasteiger partial charge in [0.25, 0.3) is 0 Å². The van der Waals surface area contributed by atoms with E-state index in [4.69, 9.17) is 10.5 Å². The molecule has 3 heterocycles. The van der Waals surface area contributed by atoms with E-state index in [0.717, 1.165) is 6.07 Å². The van der Waals surface area contributed by atoms with Crippen LogP contribution in [0.3, 0.4) is 0 Å². The van der Waals surface area contributed by atoms with Gasteiger partial charge in [-0.05, 0) is 19.1 Å². The third-order valence-electron chi connectivity index (χ3n) is 4.72. The van der Waals surface area contributed by atoms with Crippen molar-refractivity contribution < 1.29 is 19.0 Å². The molecule has 3 N–H and O–H groups in total. The Morgan fingerprint density at radius 3 is 2.93 bits per heavy atom. The maximum Gasteiger partial charge on any atom is 0.341 e. The van der Waals surface area contributed by atoms with Crippen LogP contribution >= 0.6 is 0 Å². The largest absolute Gasteiger partial charge is 0.488 e. The number of ether oxygens (including phenoxy) is 1. The summed E-state index contributed by atoms with van der Waals surface area (Å²) in [6.07, 6.45) is 2.56. The van der Waals surface area contributed by atoms with Crippen molar-refractivity contribution in [2.75, 3.05) is 12.3 Å². The second-order valence-corrected chi connectivity index (χ2v) is 6.47. The van der Waals surface area contributed by atoms with Crippen LogP contribution in [0.25, 0.3) is 22.0 Å². The number of rotatable bonds is 2. The highest BCUT2D eigenvalue weighted by atomic mass is 19.1. The molecule has 9 heteroatoms. The molecular weight excluding hydrogens is 367 g/mol. The van der Waals surface area contributed by atoms with E-state index in [1.54, 1.807) is 11.5 Å². The van der Waals surface area contributed by atoms with Crippen molar-refractivity contribution in [2.24, 2.45) is 0 Å². The topological polar surface area (TPSA) is 131 Å². The van der Waals surface area contributed by atoms with Crippen LogP contribution in [0.1, 0.15) is 28.9 Å². The zero-order chi connectivity index (χ0) is 20.2. The molecule has 0 amide bonds. The number of aromatic nitrogens is 2. The van der Waals surface area contributed by atoms with Crippen LogP contribution in [0.15, 0.2) is 29.3 Å². The highest BCUT2D eigenvalue weighted by Crippen LogP contribution is 2.42. The molecule has 2 aromatic heterocycles. The molecule has 1 aliphatic heterocycles. The first-order chi connectivity index (χ1) is 13.3. The number of carboxylic acids is 1. The van der Waals surface area contributed by atoms with Gasteiger partial charge < -0.3 is 20.1 Å². The lowest BCUT2D eigenvalue weighted by Gasteiger charge is -2.28. The van der Waals surface area contributed by atoms with E-state index >= 15 is 4.39 Å². The summed E-state index contributed by atoms with van der Waals surface area (Å²) in [5.41, 5.74) is 5.05. The summed E-state index contributed by atoms with van der Waals surface area (Å²) in [5.74, 6) is -2.07. The number of aromatic carboxylic acids is 1. The number of hydrogen-bond donors (Lipinski definition) is 2. The van der Waals surface area contributed by atoms with Crippen molar-refractivity contribution in [3.8, 4) is 22.9 Å². The standard InChI is InChI=1S/C19H13FN4O4/c1-8-7-28-17-14(10-2-9(4-21)18(22)23-5-10)13(20)3-11-15(17)24(8)6-12(16(11)25)19(26)27/h2-3,5-6,8H,7H2,1H3,(H2,22,23)(H,26,27). The summed E-state index contributed by atoms with van der Waals surface area (Å²) in [5, 5.41) is 18.4. The quantitative estimate of drug-likeness (QED) is 0.697. The average molecular weight is 380 g/mol. The molecule has 4 rings (SSSR count). The average Bonchev–Trinajstić information content (AvgIpc) is 2.66. The molecule has 0 saturated heterocycles. The Labute approximate surface area is 157 Å². The van der Waals surface area contributed by atoms with Crippen LogP contribution in [-0.4, -0.2) is 27.2 Å². The van der Waals surface area contributed by atoms with Crippen molar-refractivity contribution in [3.05, 3.63) is 51.7 Å². The lowest BCUT2D eigenvalue weighted by atomic mass is 9.99. The van der Waals surface area contributed by atoms with Gasteiger partial charge in [-0.2, -0.15) is 5.26 Å². The number of carbonyl (C=O) groups is 1. The maximum atomic E-state index is 15.0. The van der Waals surface area contributed by atoms with E-state index in [-0.39, 0.29) is 46.3 Å². The molecule has 0 aliphatic carbocycles. The van der Waals surface area contributed by atoms with Crippen LogP contribution in [0.2, 0.25) is 0 Å². The van der Waals surface area contributed by atoms with Crippen LogP contribution in [-0.2, 0) is 0 Å². The summed E-state index contributed by atoms with van der Waals surface area (Å²) in [4.78, 5) is 27.9. The summed E-state index contributed by atoms with van der Waals surface area (Å²) < 4.78 is 22.4. The number of nitrogens with zero attached hydrogens (tertiary/aromatic N) is 3. The van der Waals surface area contributed by atoms with Crippen molar-refractivity contribution >= 4 is 22.7 Å². The number of pyridine rings is 2. The van der Waals surface area contributed by atoms with Gasteiger partial charge in [-0.3, -0.25) is 4.79 Å². The Morgan fingerprint density at radius 1 is 1.50 bits per heavy atom. The first-order valence-corrected chi connectivity index (χ1v) is 8.27. The van der Waals surface area contributed by atoms with Crippen LogP contribution in [0.4, 0.5) is 10.2 Å². The minimum Gasteiger partial charge on any atom is -0.488 e. The Bertz CT molecular complexity index is 1280. The van der Waals surface area contributed by atoms with Crippen LogP contribution in [0, 0.1) is 17.1 Å². The van der Waals surface area contributed by atoms with E-state index in [1.165, 1.54) is 18.5 Å². The minimum atomic E-state index is -1.39. The molecule has 0 bridgehead atoms. The number of nitrogens with two attached hydrogens (primary N) is 1. The van der Waals surface area contributed by atoms with Gasteiger partial charge in [0.1, 0.15) is 29.9 Å². The molecule has 1 aromatic carbocycles. The van der Waals surface area contributed by atoms with Crippen molar-refractivity contribution in [3.63, 3.8) is 0 Å². The number of halogens is 1. The summed E-state index contributed by atoms with van der Waals surface area (Å²) >= 11 is 0. The fraction of sp³-hybridized carbons (Fsp3) is 0.158. The van der Waals surface area contributed by atoms with Crippen LogP contribution < -0.4 is 15.9 Å². The Hall–Kier alpha value is -3.93. The van der Waals surface area contributed by atoms with Gasteiger partial charge in [0.2, 0.25) is 5.43 Å². The number of carboxylic acid groups (broad SMARTS) is 1. The van der Waals surface area contributed by atoms with Crippen molar-refractivity contribution in [2.45, 2.75) is 13.0 Å². The predicted molar refractivity (Wildman–Crippen MR) is 97.7 cm³/mol. The molecule has 0 spiro atoms. The fourth-order valence-corrected chi connectivity index (χ4v) is 3.35. The number of anilines is 1. The second-order valence-electron chi connectivity index (χ2n) is 6.47. The lowest BCUT2D eigenvalue weighted by Crippen LogP contribution is -2.27. The molecule has 3 aromatic rings. The van der Waals surface area contributed by atoms with Gasteiger partial charge in [0.15, 0.2) is 5.75 Å². The van der Waals surface area contributed by atoms with E-state index in [0.29, 0.717) is 5.52 Å². The summed E-state index contributed by atoms with van der Waals surface area (Å²) in [6, 6.07) is 3.99. The SMILES string of the molecule is CC1COc2c(-c3cnc(N)c(C#N)c3)c(F)cc3c(=O)c(C(=O)O)cn1c23. The third-order valence-corrected chi connectivity index (χ3v) is 4.72. The summed E-state index contributed by atoms with van der Waals surface area (Å²) in [6.45, 7) is 1.94. The van der Waals surface area contributed by atoms with E-state index in [9.17, 15) is 20.0 Å². The Kier molecular flexibility index (Phi) is 3.78. The molecule has 140 valence electrons. The Balaban J connectivity index is 2.14. The van der Waals surface area contributed by atoms with Gasteiger partial charge in [-0.1, -0.05) is 0 Å². The van der Waals surface area contributed by atoms with Crippen molar-refractivity contribution in [1.82, 2.24) is 9.55 Å². The molecule has 0 saturated carbocycles. The summed E-state index contributed by atoms with van der Waals surface area (Å²) in [7, 11) is 0. The number of benzene rings is 1. The molecule has 28 heavy (non-hydrogen) atoms. The van der Waals surface area contributed by atoms with Gasteiger partial charge in [-0.15, -0.1) is 0 Å². The van der Waals surface area contributed by atoms with E-state index < -0.39 is 22.8 Å². The zero-order valence-electron chi connectivity index (χ0n) is 14.6.